The van der Waals surface area contributed by atoms with E-state index in [2.05, 4.69) is 13.8 Å². The van der Waals surface area contributed by atoms with Crippen molar-refractivity contribution in [3.05, 3.63) is 62.6 Å². The van der Waals surface area contributed by atoms with Crippen LogP contribution in [0.15, 0.2) is 45.8 Å². The van der Waals surface area contributed by atoms with E-state index in [1.54, 1.807) is 6.07 Å². The summed E-state index contributed by atoms with van der Waals surface area (Å²) in [4.78, 5) is 32.6. The van der Waals surface area contributed by atoms with E-state index in [9.17, 15) is 30.0 Å². The van der Waals surface area contributed by atoms with Crippen molar-refractivity contribution in [2.45, 2.75) is 38.6 Å². The minimum Gasteiger partial charge on any atom is -0.507 e. The van der Waals surface area contributed by atoms with E-state index in [0.29, 0.717) is 44.7 Å². The molecule has 11 heteroatoms. The number of amides is 1. The van der Waals surface area contributed by atoms with Gasteiger partial charge >= 0.3 is 0 Å². The molecule has 210 valence electrons. The molecule has 6 N–H and O–H groups in total. The molecule has 1 aromatic carbocycles. The SMILES string of the molecule is CC(C)c1csc(-c2ccc(O)c3c2CC2CC4C(=C(O)C2=C3O)C(O)=C(C(N)=O)C(=O)C4N2CCOCC2)n1. The lowest BCUT2D eigenvalue weighted by Crippen LogP contribution is -2.56. The Morgan fingerprint density at radius 1 is 1.10 bits per heavy atom. The minimum atomic E-state index is -1.08. The monoisotopic (exact) mass is 565 g/mol. The number of thiazole rings is 1. The molecule has 0 bridgehead atoms. The number of primary amides is 1. The first kappa shape index (κ1) is 26.5. The van der Waals surface area contributed by atoms with Crippen molar-refractivity contribution in [1.29, 1.82) is 0 Å². The highest BCUT2D eigenvalue weighted by Gasteiger charge is 2.52. The standard InChI is InChI=1S/C29H31N3O7S/c1-12(2)17-11-40-29(31-17)14-3-4-18(33)20-15(14)9-13-10-16-21(25(35)19(13)24(20)34)26(36)22(28(30)38)27(37)23(16)32-5-7-39-8-6-32/h3-4,11-13,16,23,33-36H,5-10H2,1-2H3,(H2,30,38). The van der Waals surface area contributed by atoms with Gasteiger partial charge in [0.05, 0.1) is 30.5 Å². The molecule has 3 unspecified atom stereocenters. The fourth-order valence-corrected chi connectivity index (χ4v) is 7.62. The molecule has 1 aliphatic heterocycles. The van der Waals surface area contributed by atoms with E-state index in [-0.39, 0.29) is 34.1 Å². The van der Waals surface area contributed by atoms with Gasteiger partial charge in [-0.2, -0.15) is 0 Å². The van der Waals surface area contributed by atoms with Gasteiger partial charge in [0.2, 0.25) is 0 Å². The number of ether oxygens (including phenoxy) is 1. The second kappa shape index (κ2) is 9.76. The summed E-state index contributed by atoms with van der Waals surface area (Å²) in [5.74, 6) is -4.00. The van der Waals surface area contributed by atoms with Gasteiger partial charge in [-0.25, -0.2) is 4.98 Å². The number of phenols is 1. The smallest absolute Gasteiger partial charge is 0.256 e. The number of rotatable bonds is 4. The number of carbonyl (C=O) groups excluding carboxylic acids is 2. The number of carbonyl (C=O) groups is 2. The number of ketones is 1. The second-order valence-electron chi connectivity index (χ2n) is 11.0. The van der Waals surface area contributed by atoms with E-state index >= 15 is 0 Å². The summed E-state index contributed by atoms with van der Waals surface area (Å²) in [5, 5.41) is 47.8. The molecule has 40 heavy (non-hydrogen) atoms. The van der Waals surface area contributed by atoms with Gasteiger partial charge in [-0.15, -0.1) is 11.3 Å². The Labute approximate surface area is 234 Å². The Morgan fingerprint density at radius 2 is 1.82 bits per heavy atom. The van der Waals surface area contributed by atoms with Crippen LogP contribution in [0.25, 0.3) is 16.3 Å². The van der Waals surface area contributed by atoms with Crippen LogP contribution in [0.4, 0.5) is 0 Å². The molecule has 2 heterocycles. The van der Waals surface area contributed by atoms with Gasteiger partial charge in [0.25, 0.3) is 5.91 Å². The molecule has 10 nitrogen and oxygen atoms in total. The lowest BCUT2D eigenvalue weighted by atomic mass is 9.64. The number of aliphatic hydroxyl groups is 3. The number of aromatic nitrogens is 1. The van der Waals surface area contributed by atoms with Gasteiger partial charge in [0, 0.05) is 41.1 Å². The van der Waals surface area contributed by atoms with Crippen molar-refractivity contribution in [3.8, 4) is 16.3 Å². The molecule has 2 aromatic rings. The van der Waals surface area contributed by atoms with E-state index in [0.717, 1.165) is 16.3 Å². The highest BCUT2D eigenvalue weighted by molar-refractivity contribution is 7.13. The van der Waals surface area contributed by atoms with Gasteiger partial charge in [-0.1, -0.05) is 13.8 Å². The van der Waals surface area contributed by atoms with Gasteiger partial charge in [-0.3, -0.25) is 14.5 Å². The fourth-order valence-electron chi connectivity index (χ4n) is 6.59. The predicted octanol–water partition coefficient (Wildman–Crippen LogP) is 3.49. The molecule has 4 aliphatic rings. The summed E-state index contributed by atoms with van der Waals surface area (Å²) < 4.78 is 5.46. The minimum absolute atomic E-state index is 0.0169. The quantitative estimate of drug-likeness (QED) is 0.349. The van der Waals surface area contributed by atoms with Crippen molar-refractivity contribution < 1.29 is 34.8 Å². The lowest BCUT2D eigenvalue weighted by Gasteiger charge is -2.46. The maximum atomic E-state index is 13.6. The Morgan fingerprint density at radius 3 is 2.48 bits per heavy atom. The summed E-state index contributed by atoms with van der Waals surface area (Å²) in [6.45, 7) is 5.81. The number of fused-ring (bicyclic) bond motifs is 3. The molecular formula is C29H31N3O7S. The first-order valence-electron chi connectivity index (χ1n) is 13.4. The normalized spacial score (nSPS) is 25.3. The molecule has 6 rings (SSSR count). The van der Waals surface area contributed by atoms with Crippen LogP contribution in [0, 0.1) is 11.8 Å². The van der Waals surface area contributed by atoms with Crippen molar-refractivity contribution in [1.82, 2.24) is 9.88 Å². The molecule has 1 fully saturated rings. The van der Waals surface area contributed by atoms with Crippen LogP contribution in [0.2, 0.25) is 0 Å². The average molecular weight is 566 g/mol. The number of hydrogen-bond acceptors (Lipinski definition) is 10. The highest BCUT2D eigenvalue weighted by atomic mass is 32.1. The van der Waals surface area contributed by atoms with Crippen LogP contribution in [0.3, 0.4) is 0 Å². The van der Waals surface area contributed by atoms with Crippen molar-refractivity contribution in [2.24, 2.45) is 17.6 Å². The molecule has 3 aliphatic carbocycles. The van der Waals surface area contributed by atoms with Gasteiger partial charge in [0.15, 0.2) is 5.78 Å². The van der Waals surface area contributed by atoms with E-state index in [1.165, 1.54) is 17.4 Å². The Bertz CT molecular complexity index is 1530. The summed E-state index contributed by atoms with van der Waals surface area (Å²) in [7, 11) is 0. The van der Waals surface area contributed by atoms with Crippen LogP contribution in [-0.2, 0) is 20.7 Å². The number of aliphatic hydroxyl groups excluding tert-OH is 3. The summed E-state index contributed by atoms with van der Waals surface area (Å²) in [6.07, 6.45) is 0.673. The maximum Gasteiger partial charge on any atom is 0.256 e. The van der Waals surface area contributed by atoms with Gasteiger partial charge in [0.1, 0.15) is 33.6 Å². The summed E-state index contributed by atoms with van der Waals surface area (Å²) in [5.41, 5.74) is 7.78. The van der Waals surface area contributed by atoms with E-state index in [1.807, 2.05) is 10.3 Å². The Kier molecular flexibility index (Phi) is 6.47. The molecule has 1 saturated heterocycles. The zero-order chi connectivity index (χ0) is 28.5. The first-order valence-corrected chi connectivity index (χ1v) is 14.2. The topological polar surface area (TPSA) is 166 Å². The Hall–Kier alpha value is -3.67. The van der Waals surface area contributed by atoms with Crippen LogP contribution < -0.4 is 5.73 Å². The average Bonchev–Trinajstić information content (AvgIpc) is 3.39. The third-order valence-electron chi connectivity index (χ3n) is 8.48. The zero-order valence-electron chi connectivity index (χ0n) is 22.2. The van der Waals surface area contributed by atoms with E-state index < -0.39 is 46.7 Å². The largest absolute Gasteiger partial charge is 0.507 e. The molecule has 3 atom stereocenters. The number of morpholine rings is 1. The number of allylic oxidation sites excluding steroid dienone is 2. The van der Waals surface area contributed by atoms with Crippen LogP contribution in [0.5, 0.6) is 5.75 Å². The van der Waals surface area contributed by atoms with Gasteiger partial charge < -0.3 is 30.9 Å². The lowest BCUT2D eigenvalue weighted by molar-refractivity contribution is -0.128. The Balaban J connectivity index is 1.53. The highest BCUT2D eigenvalue weighted by Crippen LogP contribution is 2.53. The summed E-state index contributed by atoms with van der Waals surface area (Å²) >= 11 is 1.49. The fraction of sp³-hybridized carbons (Fsp3) is 0.414. The van der Waals surface area contributed by atoms with E-state index in [4.69, 9.17) is 15.5 Å². The van der Waals surface area contributed by atoms with Crippen molar-refractivity contribution in [2.75, 3.05) is 26.3 Å². The maximum absolute atomic E-state index is 13.6. The molecule has 1 amide bonds. The third kappa shape index (κ3) is 3.94. The number of nitrogens with two attached hydrogens (primary N) is 1. The number of aromatic hydroxyl groups is 1. The zero-order valence-corrected chi connectivity index (χ0v) is 23.0. The third-order valence-corrected chi connectivity index (χ3v) is 9.37. The van der Waals surface area contributed by atoms with Crippen molar-refractivity contribution >= 4 is 28.8 Å². The molecular weight excluding hydrogens is 534 g/mol. The van der Waals surface area contributed by atoms with Crippen LogP contribution in [-0.4, -0.2) is 74.3 Å². The second-order valence-corrected chi connectivity index (χ2v) is 11.9. The molecule has 0 saturated carbocycles. The number of Topliss-reactive ketones (excluding diaryl/α,β-unsaturated/α-hetero) is 1. The van der Waals surface area contributed by atoms with Crippen molar-refractivity contribution in [3.63, 3.8) is 0 Å². The molecule has 0 spiro atoms. The predicted molar refractivity (Wildman–Crippen MR) is 148 cm³/mol. The van der Waals surface area contributed by atoms with Crippen LogP contribution >= 0.6 is 11.3 Å². The number of hydrogen-bond donors (Lipinski definition) is 5. The van der Waals surface area contributed by atoms with Crippen LogP contribution in [0.1, 0.15) is 43.0 Å². The molecule has 1 aromatic heterocycles. The number of benzene rings is 1. The number of phenolic OH excluding ortho intramolecular Hbond substituents is 1. The first-order chi connectivity index (χ1) is 19.1. The molecule has 0 radical (unpaired) electrons. The number of nitrogens with zero attached hydrogens (tertiary/aromatic N) is 2. The van der Waals surface area contributed by atoms with Gasteiger partial charge in [-0.05, 0) is 42.4 Å². The summed E-state index contributed by atoms with van der Waals surface area (Å²) in [6, 6.07) is 2.45.